The Hall–Kier alpha value is -4.33. The van der Waals surface area contributed by atoms with Gasteiger partial charge in [0.25, 0.3) is 5.91 Å². The Balaban J connectivity index is 1.37. The predicted octanol–water partition coefficient (Wildman–Crippen LogP) is 4.82. The van der Waals surface area contributed by atoms with Crippen LogP contribution in [0.4, 0.5) is 9.59 Å². The van der Waals surface area contributed by atoms with Crippen molar-refractivity contribution >= 4 is 18.1 Å². The highest BCUT2D eigenvalue weighted by atomic mass is 16.6. The first-order valence-corrected chi connectivity index (χ1v) is 11.7. The summed E-state index contributed by atoms with van der Waals surface area (Å²) in [4.78, 5) is 37.6. The van der Waals surface area contributed by atoms with Crippen LogP contribution in [-0.4, -0.2) is 30.3 Å². The predicted molar refractivity (Wildman–Crippen MR) is 135 cm³/mol. The SMILES string of the molecule is CC(C)(C)OC(=O)NC(C(=O)NNC(=O)OCC1c2ccccc2-c2ccccc21)c1ccccc1. The van der Waals surface area contributed by atoms with Crippen molar-refractivity contribution in [1.82, 2.24) is 16.2 Å². The van der Waals surface area contributed by atoms with Gasteiger partial charge in [0.2, 0.25) is 0 Å². The van der Waals surface area contributed by atoms with Gasteiger partial charge in [0, 0.05) is 5.92 Å². The minimum absolute atomic E-state index is 0.105. The number of carbonyl (C=O) groups is 3. The average Bonchev–Trinajstić information content (AvgIpc) is 3.18. The summed E-state index contributed by atoms with van der Waals surface area (Å²) in [6.07, 6.45) is -1.57. The molecule has 1 atom stereocenters. The van der Waals surface area contributed by atoms with E-state index in [4.69, 9.17) is 9.47 Å². The number of rotatable bonds is 5. The molecule has 0 aromatic heterocycles. The first kappa shape index (κ1) is 24.8. The van der Waals surface area contributed by atoms with E-state index in [1.54, 1.807) is 51.1 Å². The van der Waals surface area contributed by atoms with Crippen LogP contribution in [-0.2, 0) is 14.3 Å². The summed E-state index contributed by atoms with van der Waals surface area (Å²) in [6, 6.07) is 23.6. The highest BCUT2D eigenvalue weighted by molar-refractivity contribution is 5.88. The minimum Gasteiger partial charge on any atom is -0.447 e. The van der Waals surface area contributed by atoms with Crippen molar-refractivity contribution in [2.45, 2.75) is 38.3 Å². The third kappa shape index (κ3) is 5.83. The molecule has 186 valence electrons. The maximum atomic E-state index is 12.9. The van der Waals surface area contributed by atoms with Gasteiger partial charge in [-0.2, -0.15) is 0 Å². The molecule has 8 nitrogen and oxygen atoms in total. The summed E-state index contributed by atoms with van der Waals surface area (Å²) in [7, 11) is 0. The zero-order valence-electron chi connectivity index (χ0n) is 20.4. The Morgan fingerprint density at radius 3 is 1.92 bits per heavy atom. The molecule has 0 radical (unpaired) electrons. The second-order valence-electron chi connectivity index (χ2n) is 9.43. The van der Waals surface area contributed by atoms with Gasteiger partial charge in [-0.25, -0.2) is 15.0 Å². The Morgan fingerprint density at radius 1 is 0.778 bits per heavy atom. The summed E-state index contributed by atoms with van der Waals surface area (Å²) in [5.74, 6) is -0.759. The van der Waals surface area contributed by atoms with Crippen molar-refractivity contribution in [2.75, 3.05) is 6.61 Å². The lowest BCUT2D eigenvalue weighted by Crippen LogP contribution is -2.49. The number of benzene rings is 3. The molecule has 0 spiro atoms. The number of hydrogen-bond acceptors (Lipinski definition) is 5. The van der Waals surface area contributed by atoms with Gasteiger partial charge in [-0.1, -0.05) is 78.9 Å². The van der Waals surface area contributed by atoms with Gasteiger partial charge in [-0.05, 0) is 48.6 Å². The summed E-state index contributed by atoms with van der Waals surface area (Å²) in [5.41, 5.74) is 8.80. The van der Waals surface area contributed by atoms with Crippen LogP contribution in [0.15, 0.2) is 78.9 Å². The molecule has 0 saturated carbocycles. The molecule has 3 aromatic rings. The van der Waals surface area contributed by atoms with Crippen LogP contribution in [0.1, 0.15) is 49.4 Å². The highest BCUT2D eigenvalue weighted by Gasteiger charge is 2.30. The Morgan fingerprint density at radius 2 is 1.33 bits per heavy atom. The van der Waals surface area contributed by atoms with Crippen molar-refractivity contribution < 1.29 is 23.9 Å². The molecular weight excluding hydrogens is 458 g/mol. The van der Waals surface area contributed by atoms with Crippen LogP contribution in [0.2, 0.25) is 0 Å². The number of alkyl carbamates (subject to hydrolysis) is 1. The van der Waals surface area contributed by atoms with E-state index in [0.717, 1.165) is 22.3 Å². The molecule has 4 rings (SSSR count). The van der Waals surface area contributed by atoms with Gasteiger partial charge in [0.05, 0.1) is 0 Å². The number of hydrogen-bond donors (Lipinski definition) is 3. The Kier molecular flexibility index (Phi) is 7.24. The van der Waals surface area contributed by atoms with E-state index < -0.39 is 29.7 Å². The van der Waals surface area contributed by atoms with Crippen LogP contribution < -0.4 is 16.2 Å². The molecule has 0 bridgehead atoms. The lowest BCUT2D eigenvalue weighted by atomic mass is 9.98. The molecular formula is C28H29N3O5. The zero-order chi connectivity index (χ0) is 25.7. The number of hydrazine groups is 1. The second kappa shape index (κ2) is 10.5. The van der Waals surface area contributed by atoms with E-state index in [9.17, 15) is 14.4 Å². The Bertz CT molecular complexity index is 1210. The van der Waals surface area contributed by atoms with Gasteiger partial charge < -0.3 is 14.8 Å². The number of carbonyl (C=O) groups excluding carboxylic acids is 3. The fourth-order valence-electron chi connectivity index (χ4n) is 4.19. The first-order valence-electron chi connectivity index (χ1n) is 11.7. The van der Waals surface area contributed by atoms with Gasteiger partial charge in [0.15, 0.2) is 0 Å². The molecule has 0 heterocycles. The molecule has 3 amide bonds. The zero-order valence-corrected chi connectivity index (χ0v) is 20.4. The first-order chi connectivity index (χ1) is 17.2. The smallest absolute Gasteiger partial charge is 0.426 e. The monoisotopic (exact) mass is 487 g/mol. The van der Waals surface area contributed by atoms with E-state index in [1.807, 2.05) is 36.4 Å². The van der Waals surface area contributed by atoms with Crippen LogP contribution >= 0.6 is 0 Å². The van der Waals surface area contributed by atoms with E-state index in [-0.39, 0.29) is 12.5 Å². The molecule has 1 aliphatic rings. The Labute approximate surface area is 210 Å². The van der Waals surface area contributed by atoms with Gasteiger partial charge in [-0.15, -0.1) is 0 Å². The third-order valence-electron chi connectivity index (χ3n) is 5.69. The molecule has 0 fully saturated rings. The summed E-state index contributed by atoms with van der Waals surface area (Å²) in [6.45, 7) is 5.28. The summed E-state index contributed by atoms with van der Waals surface area (Å²) < 4.78 is 10.7. The van der Waals surface area contributed by atoms with Crippen molar-refractivity contribution in [2.24, 2.45) is 0 Å². The lowest BCUT2D eigenvalue weighted by Gasteiger charge is -2.23. The van der Waals surface area contributed by atoms with Crippen LogP contribution in [0, 0.1) is 0 Å². The van der Waals surface area contributed by atoms with Crippen molar-refractivity contribution in [3.8, 4) is 11.1 Å². The summed E-state index contributed by atoms with van der Waals surface area (Å²) in [5, 5.41) is 2.55. The number of amides is 3. The standard InChI is InChI=1S/C28H29N3O5/c1-28(2,3)36-26(33)29-24(18-11-5-4-6-12-18)25(32)30-31-27(34)35-17-23-21-15-9-7-13-19(21)20-14-8-10-16-22(20)23/h4-16,23-24H,17H2,1-3H3,(H,29,33)(H,30,32)(H,31,34). The molecule has 1 aliphatic carbocycles. The normalized spacial score (nSPS) is 13.1. The molecule has 3 N–H and O–H groups in total. The van der Waals surface area contributed by atoms with E-state index in [1.165, 1.54) is 0 Å². The maximum absolute atomic E-state index is 12.9. The van der Waals surface area contributed by atoms with E-state index >= 15 is 0 Å². The maximum Gasteiger partial charge on any atom is 0.426 e. The largest absolute Gasteiger partial charge is 0.447 e. The molecule has 0 aliphatic heterocycles. The second-order valence-corrected chi connectivity index (χ2v) is 9.43. The molecule has 1 unspecified atom stereocenters. The van der Waals surface area contributed by atoms with Crippen molar-refractivity contribution in [3.63, 3.8) is 0 Å². The quantitative estimate of drug-likeness (QED) is 0.448. The number of fused-ring (bicyclic) bond motifs is 3. The highest BCUT2D eigenvalue weighted by Crippen LogP contribution is 2.44. The topological polar surface area (TPSA) is 106 Å². The summed E-state index contributed by atoms with van der Waals surface area (Å²) >= 11 is 0. The van der Waals surface area contributed by atoms with Crippen LogP contribution in [0.25, 0.3) is 11.1 Å². The van der Waals surface area contributed by atoms with Crippen molar-refractivity contribution in [3.05, 3.63) is 95.6 Å². The fraction of sp³-hybridized carbons (Fsp3) is 0.250. The van der Waals surface area contributed by atoms with Crippen LogP contribution in [0.5, 0.6) is 0 Å². The minimum atomic E-state index is -1.09. The number of ether oxygens (including phenoxy) is 2. The average molecular weight is 488 g/mol. The van der Waals surface area contributed by atoms with E-state index in [0.29, 0.717) is 5.56 Å². The molecule has 3 aromatic carbocycles. The van der Waals surface area contributed by atoms with Crippen LogP contribution in [0.3, 0.4) is 0 Å². The molecule has 0 saturated heterocycles. The molecule has 36 heavy (non-hydrogen) atoms. The lowest BCUT2D eigenvalue weighted by molar-refractivity contribution is -0.124. The van der Waals surface area contributed by atoms with E-state index in [2.05, 4.69) is 28.3 Å². The van der Waals surface area contributed by atoms with Gasteiger partial charge >= 0.3 is 12.2 Å². The van der Waals surface area contributed by atoms with Crippen molar-refractivity contribution in [1.29, 1.82) is 0 Å². The fourth-order valence-corrected chi connectivity index (χ4v) is 4.19. The number of nitrogens with one attached hydrogen (secondary N) is 3. The van der Waals surface area contributed by atoms with Gasteiger partial charge in [-0.3, -0.25) is 10.2 Å². The molecule has 8 heteroatoms. The van der Waals surface area contributed by atoms with Gasteiger partial charge in [0.1, 0.15) is 18.2 Å². The third-order valence-corrected chi connectivity index (χ3v) is 5.69.